The van der Waals surface area contributed by atoms with E-state index >= 15 is 0 Å². The Morgan fingerprint density at radius 2 is 1.81 bits per heavy atom. The molecular formula is C19H23NO. The molecule has 0 saturated heterocycles. The largest absolute Gasteiger partial charge is 0.497 e. The molecule has 0 bridgehead atoms. The van der Waals surface area contributed by atoms with Crippen molar-refractivity contribution < 1.29 is 4.74 Å². The highest BCUT2D eigenvalue weighted by atomic mass is 16.5. The summed E-state index contributed by atoms with van der Waals surface area (Å²) in [6.07, 6.45) is 2.39. The first kappa shape index (κ1) is 14.0. The summed E-state index contributed by atoms with van der Waals surface area (Å²) >= 11 is 0. The normalized spacial score (nSPS) is 20.7. The van der Waals surface area contributed by atoms with Crippen molar-refractivity contribution in [3.05, 3.63) is 59.2 Å². The number of nitrogens with one attached hydrogen (secondary N) is 1. The lowest BCUT2D eigenvalue weighted by atomic mass is 9.75. The van der Waals surface area contributed by atoms with E-state index in [2.05, 4.69) is 55.6 Å². The van der Waals surface area contributed by atoms with Crippen LogP contribution in [0.4, 0.5) is 5.69 Å². The zero-order valence-corrected chi connectivity index (χ0v) is 13.0. The Morgan fingerprint density at radius 1 is 1.05 bits per heavy atom. The molecule has 1 fully saturated rings. The SMILES string of the molecule is COc1cccc(C2CC(Nc3cccc(C)c3C)C2)c1. The smallest absolute Gasteiger partial charge is 0.119 e. The number of rotatable bonds is 4. The van der Waals surface area contributed by atoms with Gasteiger partial charge in [0.2, 0.25) is 0 Å². The first-order valence-corrected chi connectivity index (χ1v) is 7.64. The van der Waals surface area contributed by atoms with E-state index in [1.165, 1.54) is 35.2 Å². The van der Waals surface area contributed by atoms with Gasteiger partial charge in [-0.1, -0.05) is 24.3 Å². The van der Waals surface area contributed by atoms with Crippen LogP contribution in [-0.2, 0) is 0 Å². The van der Waals surface area contributed by atoms with Crippen molar-refractivity contribution >= 4 is 5.69 Å². The van der Waals surface area contributed by atoms with E-state index in [1.54, 1.807) is 7.11 Å². The summed E-state index contributed by atoms with van der Waals surface area (Å²) in [5.74, 6) is 1.61. The second-order valence-electron chi connectivity index (χ2n) is 6.03. The fraction of sp³-hybridized carbons (Fsp3) is 0.368. The van der Waals surface area contributed by atoms with Crippen LogP contribution in [0.1, 0.15) is 35.4 Å². The molecule has 2 nitrogen and oxygen atoms in total. The minimum Gasteiger partial charge on any atom is -0.497 e. The van der Waals surface area contributed by atoms with Gasteiger partial charge in [-0.15, -0.1) is 0 Å². The summed E-state index contributed by atoms with van der Waals surface area (Å²) in [5.41, 5.74) is 5.39. The van der Waals surface area contributed by atoms with Gasteiger partial charge in [-0.2, -0.15) is 0 Å². The number of benzene rings is 2. The lowest BCUT2D eigenvalue weighted by Gasteiger charge is -2.37. The number of methoxy groups -OCH3 is 1. The van der Waals surface area contributed by atoms with Crippen LogP contribution in [0.3, 0.4) is 0 Å². The van der Waals surface area contributed by atoms with Gasteiger partial charge in [0.15, 0.2) is 0 Å². The van der Waals surface area contributed by atoms with E-state index in [4.69, 9.17) is 4.74 Å². The lowest BCUT2D eigenvalue weighted by molar-refractivity contribution is 0.370. The summed E-state index contributed by atoms with van der Waals surface area (Å²) < 4.78 is 5.31. The van der Waals surface area contributed by atoms with E-state index in [9.17, 15) is 0 Å². The quantitative estimate of drug-likeness (QED) is 0.879. The van der Waals surface area contributed by atoms with Crippen molar-refractivity contribution in [3.8, 4) is 5.75 Å². The van der Waals surface area contributed by atoms with Gasteiger partial charge >= 0.3 is 0 Å². The Kier molecular flexibility index (Phi) is 3.87. The molecule has 2 aromatic rings. The third-order valence-corrected chi connectivity index (χ3v) is 4.67. The summed E-state index contributed by atoms with van der Waals surface area (Å²) in [4.78, 5) is 0. The average molecular weight is 281 g/mol. The Balaban J connectivity index is 1.62. The highest BCUT2D eigenvalue weighted by Crippen LogP contribution is 2.39. The first-order chi connectivity index (χ1) is 10.2. The average Bonchev–Trinajstić information content (AvgIpc) is 2.46. The van der Waals surface area contributed by atoms with Crippen molar-refractivity contribution in [2.75, 3.05) is 12.4 Å². The topological polar surface area (TPSA) is 21.3 Å². The second-order valence-corrected chi connectivity index (χ2v) is 6.03. The molecule has 3 rings (SSSR count). The Bertz CT molecular complexity index is 629. The Labute approximate surface area is 127 Å². The van der Waals surface area contributed by atoms with Crippen LogP contribution in [0.15, 0.2) is 42.5 Å². The molecule has 0 radical (unpaired) electrons. The molecule has 0 aromatic heterocycles. The highest BCUT2D eigenvalue weighted by Gasteiger charge is 2.30. The van der Waals surface area contributed by atoms with Gasteiger partial charge in [0.05, 0.1) is 7.11 Å². The van der Waals surface area contributed by atoms with Crippen molar-refractivity contribution in [3.63, 3.8) is 0 Å². The molecule has 0 heterocycles. The molecule has 0 unspecified atom stereocenters. The van der Waals surface area contributed by atoms with E-state index in [0.717, 1.165) is 5.75 Å². The molecule has 2 aromatic carbocycles. The van der Waals surface area contributed by atoms with E-state index in [1.807, 2.05) is 6.07 Å². The third kappa shape index (κ3) is 2.90. The molecule has 1 saturated carbocycles. The van der Waals surface area contributed by atoms with Crippen molar-refractivity contribution in [1.82, 2.24) is 0 Å². The maximum atomic E-state index is 5.31. The van der Waals surface area contributed by atoms with Crippen LogP contribution in [0.2, 0.25) is 0 Å². The van der Waals surface area contributed by atoms with Crippen molar-refractivity contribution in [1.29, 1.82) is 0 Å². The minimum atomic E-state index is 0.585. The van der Waals surface area contributed by atoms with Crippen molar-refractivity contribution in [2.45, 2.75) is 38.6 Å². The monoisotopic (exact) mass is 281 g/mol. The zero-order chi connectivity index (χ0) is 14.8. The van der Waals surface area contributed by atoms with Crippen LogP contribution in [-0.4, -0.2) is 13.2 Å². The fourth-order valence-electron chi connectivity index (χ4n) is 3.03. The molecule has 110 valence electrons. The lowest BCUT2D eigenvalue weighted by Crippen LogP contribution is -2.34. The maximum Gasteiger partial charge on any atom is 0.119 e. The molecule has 1 aliphatic rings. The van der Waals surface area contributed by atoms with Crippen LogP contribution in [0.25, 0.3) is 0 Å². The standard InChI is InChI=1S/C19H23NO/c1-13-6-4-9-19(14(13)2)20-17-10-16(11-17)15-7-5-8-18(12-15)21-3/h4-9,12,16-17,20H,10-11H2,1-3H3. The molecule has 0 aliphatic heterocycles. The summed E-state index contributed by atoms with van der Waals surface area (Å²) in [7, 11) is 1.73. The molecular weight excluding hydrogens is 258 g/mol. The number of ether oxygens (including phenoxy) is 1. The van der Waals surface area contributed by atoms with Crippen LogP contribution in [0, 0.1) is 13.8 Å². The Morgan fingerprint density at radius 3 is 2.57 bits per heavy atom. The summed E-state index contributed by atoms with van der Waals surface area (Å²) in [5, 5.41) is 3.68. The molecule has 0 spiro atoms. The van der Waals surface area contributed by atoms with E-state index in [0.29, 0.717) is 12.0 Å². The summed E-state index contributed by atoms with van der Waals surface area (Å²) in [6.45, 7) is 4.36. The van der Waals surface area contributed by atoms with Gasteiger partial charge in [-0.3, -0.25) is 0 Å². The maximum absolute atomic E-state index is 5.31. The second kappa shape index (κ2) is 5.80. The molecule has 0 atom stereocenters. The van der Waals surface area contributed by atoms with Gasteiger partial charge in [0.25, 0.3) is 0 Å². The number of hydrogen-bond acceptors (Lipinski definition) is 2. The fourth-order valence-corrected chi connectivity index (χ4v) is 3.03. The van der Waals surface area contributed by atoms with Gasteiger partial charge in [0.1, 0.15) is 5.75 Å². The molecule has 2 heteroatoms. The first-order valence-electron chi connectivity index (χ1n) is 7.64. The van der Waals surface area contributed by atoms with Crippen LogP contribution in [0.5, 0.6) is 5.75 Å². The van der Waals surface area contributed by atoms with Crippen molar-refractivity contribution in [2.24, 2.45) is 0 Å². The van der Waals surface area contributed by atoms with Gasteiger partial charge in [0, 0.05) is 11.7 Å². The number of anilines is 1. The highest BCUT2D eigenvalue weighted by molar-refractivity contribution is 5.54. The predicted octanol–water partition coefficient (Wildman–Crippen LogP) is 4.67. The van der Waals surface area contributed by atoms with E-state index in [-0.39, 0.29) is 0 Å². The summed E-state index contributed by atoms with van der Waals surface area (Å²) in [6, 6.07) is 15.5. The number of aryl methyl sites for hydroxylation is 1. The van der Waals surface area contributed by atoms with Gasteiger partial charge < -0.3 is 10.1 Å². The Hall–Kier alpha value is -1.96. The van der Waals surface area contributed by atoms with Gasteiger partial charge in [-0.05, 0) is 67.5 Å². The molecule has 1 aliphatic carbocycles. The predicted molar refractivity (Wildman–Crippen MR) is 88.3 cm³/mol. The molecule has 1 N–H and O–H groups in total. The van der Waals surface area contributed by atoms with E-state index < -0.39 is 0 Å². The zero-order valence-electron chi connectivity index (χ0n) is 13.0. The van der Waals surface area contributed by atoms with Gasteiger partial charge in [-0.25, -0.2) is 0 Å². The van der Waals surface area contributed by atoms with Crippen LogP contribution < -0.4 is 10.1 Å². The van der Waals surface area contributed by atoms with Crippen LogP contribution >= 0.6 is 0 Å². The number of hydrogen-bond donors (Lipinski definition) is 1. The third-order valence-electron chi connectivity index (χ3n) is 4.67. The minimum absolute atomic E-state index is 0.585. The molecule has 21 heavy (non-hydrogen) atoms. The molecule has 0 amide bonds.